The molecule has 116 valence electrons. The van der Waals surface area contributed by atoms with Crippen molar-refractivity contribution in [3.63, 3.8) is 0 Å². The SMILES string of the molecule is FC1=c2nc(Cl)nc(N3CC=CC[C@H]4[C@H](F)[C@H]43)c2=CCN1Cl. The van der Waals surface area contributed by atoms with Crippen molar-refractivity contribution >= 4 is 41.2 Å². The number of allylic oxidation sites excluding steroid dienone is 1. The molecule has 0 spiro atoms. The fraction of sp³-hybridized carbons (Fsp3) is 0.429. The lowest BCUT2D eigenvalue weighted by Crippen LogP contribution is -2.44. The van der Waals surface area contributed by atoms with E-state index in [4.69, 9.17) is 23.4 Å². The van der Waals surface area contributed by atoms with Crippen LogP contribution in [0.4, 0.5) is 14.6 Å². The van der Waals surface area contributed by atoms with E-state index < -0.39 is 12.1 Å². The van der Waals surface area contributed by atoms with Crippen molar-refractivity contribution in [1.29, 1.82) is 0 Å². The van der Waals surface area contributed by atoms with Gasteiger partial charge in [-0.3, -0.25) is 4.42 Å². The lowest BCUT2D eigenvalue weighted by molar-refractivity contribution is 0.437. The number of nitrogens with zero attached hydrogens (tertiary/aromatic N) is 4. The van der Waals surface area contributed by atoms with Crippen molar-refractivity contribution in [2.24, 2.45) is 5.92 Å². The summed E-state index contributed by atoms with van der Waals surface area (Å²) in [5.41, 5.74) is 0. The lowest BCUT2D eigenvalue weighted by atomic mass is 10.2. The molecule has 3 heterocycles. The number of hydrogen-bond donors (Lipinski definition) is 0. The maximum atomic E-state index is 14.2. The van der Waals surface area contributed by atoms with E-state index in [-0.39, 0.29) is 29.1 Å². The second-order valence-electron chi connectivity index (χ2n) is 5.58. The number of rotatable bonds is 1. The first kappa shape index (κ1) is 14.2. The van der Waals surface area contributed by atoms with Crippen molar-refractivity contribution in [2.75, 3.05) is 18.0 Å². The summed E-state index contributed by atoms with van der Waals surface area (Å²) in [6.45, 7) is 0.705. The second-order valence-corrected chi connectivity index (χ2v) is 6.32. The highest BCUT2D eigenvalue weighted by Crippen LogP contribution is 2.44. The molecule has 1 fully saturated rings. The zero-order chi connectivity index (χ0) is 15.4. The third-order valence-corrected chi connectivity index (χ3v) is 4.76. The van der Waals surface area contributed by atoms with Crippen molar-refractivity contribution in [3.8, 4) is 0 Å². The van der Waals surface area contributed by atoms with Gasteiger partial charge >= 0.3 is 0 Å². The van der Waals surface area contributed by atoms with E-state index in [0.29, 0.717) is 24.0 Å². The summed E-state index contributed by atoms with van der Waals surface area (Å²) >= 11 is 11.7. The fourth-order valence-corrected chi connectivity index (χ4v) is 3.45. The highest BCUT2D eigenvalue weighted by molar-refractivity contribution is 6.28. The van der Waals surface area contributed by atoms with Crippen LogP contribution in [0.5, 0.6) is 0 Å². The molecule has 4 nitrogen and oxygen atoms in total. The summed E-state index contributed by atoms with van der Waals surface area (Å²) in [7, 11) is 0. The monoisotopic (exact) mass is 344 g/mol. The van der Waals surface area contributed by atoms with Crippen molar-refractivity contribution in [1.82, 2.24) is 14.4 Å². The number of hydrogen-bond acceptors (Lipinski definition) is 4. The molecule has 3 atom stereocenters. The highest BCUT2D eigenvalue weighted by Gasteiger charge is 2.54. The Morgan fingerprint density at radius 1 is 1.23 bits per heavy atom. The Kier molecular flexibility index (Phi) is 3.27. The molecule has 0 saturated heterocycles. The molecule has 0 radical (unpaired) electrons. The standard InChI is InChI=1S/C14H12Cl2F2N4/c15-14-19-10-8(4-6-22(16)12(10)18)13(20-14)21-5-2-1-3-7-9(17)11(7)21/h1-2,4,7,9,11H,3,5-6H2/t7-,9-,11-/m0/s1. The second kappa shape index (κ2) is 5.06. The van der Waals surface area contributed by atoms with Crippen LogP contribution in [-0.2, 0) is 0 Å². The van der Waals surface area contributed by atoms with Crippen LogP contribution in [0.25, 0.3) is 12.0 Å². The molecule has 3 aliphatic rings. The summed E-state index contributed by atoms with van der Waals surface area (Å²) in [6, 6.07) is -0.240. The van der Waals surface area contributed by atoms with Crippen LogP contribution >= 0.6 is 23.4 Å². The van der Waals surface area contributed by atoms with Gasteiger partial charge in [0.05, 0.1) is 12.6 Å². The number of alkyl halides is 1. The van der Waals surface area contributed by atoms with Crippen molar-refractivity contribution in [3.05, 3.63) is 28.0 Å². The van der Waals surface area contributed by atoms with Crippen LogP contribution in [0.1, 0.15) is 6.42 Å². The van der Waals surface area contributed by atoms with Gasteiger partial charge in [0.25, 0.3) is 0 Å². The van der Waals surface area contributed by atoms with Gasteiger partial charge in [-0.2, -0.15) is 9.37 Å². The first-order chi connectivity index (χ1) is 10.6. The van der Waals surface area contributed by atoms with Crippen LogP contribution in [-0.4, -0.2) is 39.7 Å². The topological polar surface area (TPSA) is 32.3 Å². The minimum atomic E-state index is -0.892. The Morgan fingerprint density at radius 3 is 2.86 bits per heavy atom. The first-order valence-corrected chi connectivity index (χ1v) is 7.72. The van der Waals surface area contributed by atoms with E-state index in [2.05, 4.69) is 9.97 Å². The summed E-state index contributed by atoms with van der Waals surface area (Å²) in [6.07, 6.45) is 5.50. The smallest absolute Gasteiger partial charge is 0.231 e. The van der Waals surface area contributed by atoms with Gasteiger partial charge in [0.1, 0.15) is 17.3 Å². The largest absolute Gasteiger partial charge is 0.346 e. The van der Waals surface area contributed by atoms with E-state index in [9.17, 15) is 8.78 Å². The van der Waals surface area contributed by atoms with E-state index in [0.717, 1.165) is 4.42 Å². The van der Waals surface area contributed by atoms with Crippen molar-refractivity contribution in [2.45, 2.75) is 18.6 Å². The van der Waals surface area contributed by atoms with Crippen LogP contribution < -0.4 is 15.5 Å². The normalized spacial score (nSPS) is 29.6. The van der Waals surface area contributed by atoms with E-state index in [1.807, 2.05) is 17.1 Å². The van der Waals surface area contributed by atoms with Gasteiger partial charge in [0, 0.05) is 29.5 Å². The predicted molar refractivity (Wildman–Crippen MR) is 81.1 cm³/mol. The molecule has 4 rings (SSSR count). The Bertz CT molecular complexity index is 782. The quantitative estimate of drug-likeness (QED) is 0.334. The summed E-state index contributed by atoms with van der Waals surface area (Å²) < 4.78 is 29.1. The zero-order valence-electron chi connectivity index (χ0n) is 11.4. The van der Waals surface area contributed by atoms with Gasteiger partial charge in [0.15, 0.2) is 0 Å². The number of anilines is 1. The van der Waals surface area contributed by atoms with E-state index in [1.165, 1.54) is 0 Å². The van der Waals surface area contributed by atoms with Crippen LogP contribution in [0.3, 0.4) is 0 Å². The van der Waals surface area contributed by atoms with Crippen LogP contribution in [0.2, 0.25) is 5.28 Å². The number of fused-ring (bicyclic) bond motifs is 2. The fourth-order valence-electron chi connectivity index (χ4n) is 3.14. The summed E-state index contributed by atoms with van der Waals surface area (Å²) in [5.74, 6) is -0.235. The molecule has 1 aromatic rings. The molecule has 1 aromatic heterocycles. The molecule has 8 heteroatoms. The molecule has 1 saturated carbocycles. The number of aromatic nitrogens is 2. The molecule has 0 aromatic carbocycles. The van der Waals surface area contributed by atoms with E-state index in [1.54, 1.807) is 6.08 Å². The maximum Gasteiger partial charge on any atom is 0.231 e. The summed E-state index contributed by atoms with van der Waals surface area (Å²) in [4.78, 5) is 10.0. The highest BCUT2D eigenvalue weighted by atomic mass is 35.5. The average molecular weight is 345 g/mol. The minimum Gasteiger partial charge on any atom is -0.346 e. The third kappa shape index (κ3) is 2.08. The van der Waals surface area contributed by atoms with Gasteiger partial charge in [-0.05, 0) is 18.0 Å². The minimum absolute atomic E-state index is 0.0370. The Balaban J connectivity index is 1.90. The van der Waals surface area contributed by atoms with E-state index >= 15 is 0 Å². The Hall–Kier alpha value is -1.40. The molecule has 2 aliphatic heterocycles. The summed E-state index contributed by atoms with van der Waals surface area (Å²) in [5, 5.41) is 0.495. The number of halogens is 4. The molecular weight excluding hydrogens is 333 g/mol. The molecule has 22 heavy (non-hydrogen) atoms. The zero-order valence-corrected chi connectivity index (χ0v) is 12.9. The van der Waals surface area contributed by atoms with Gasteiger partial charge < -0.3 is 4.90 Å². The molecule has 0 N–H and O–H groups in total. The average Bonchev–Trinajstić information content (AvgIpc) is 3.18. The van der Waals surface area contributed by atoms with Gasteiger partial charge in [-0.25, -0.2) is 9.37 Å². The molecule has 0 bridgehead atoms. The molecule has 1 aliphatic carbocycles. The third-order valence-electron chi connectivity index (χ3n) is 4.30. The molecule has 0 unspecified atom stereocenters. The first-order valence-electron chi connectivity index (χ1n) is 7.00. The van der Waals surface area contributed by atoms with Gasteiger partial charge in [-0.15, -0.1) is 0 Å². The Labute approximate surface area is 135 Å². The molecule has 0 amide bonds. The predicted octanol–water partition coefficient (Wildman–Crippen LogP) is 1.52. The van der Waals surface area contributed by atoms with Crippen LogP contribution in [0.15, 0.2) is 12.2 Å². The lowest BCUT2D eigenvalue weighted by Gasteiger charge is -2.24. The Morgan fingerprint density at radius 2 is 2.05 bits per heavy atom. The van der Waals surface area contributed by atoms with Gasteiger partial charge in [-0.1, -0.05) is 18.2 Å². The van der Waals surface area contributed by atoms with Crippen molar-refractivity contribution < 1.29 is 8.78 Å². The molecular formula is C14H12Cl2F2N4. The van der Waals surface area contributed by atoms with Crippen LogP contribution in [0, 0.1) is 5.92 Å². The maximum absolute atomic E-state index is 14.2. The van der Waals surface area contributed by atoms with Gasteiger partial charge in [0.2, 0.25) is 11.2 Å².